The number of esters is 1. The van der Waals surface area contributed by atoms with Gasteiger partial charge in [-0.25, -0.2) is 4.79 Å². The van der Waals surface area contributed by atoms with E-state index in [2.05, 4.69) is 6.58 Å². The van der Waals surface area contributed by atoms with Crippen LogP contribution in [0.15, 0.2) is 134 Å². The molecule has 8 nitrogen and oxygen atoms in total. The van der Waals surface area contributed by atoms with Gasteiger partial charge in [-0.05, 0) is 16.7 Å². The van der Waals surface area contributed by atoms with Crippen molar-refractivity contribution in [2.45, 2.75) is 81.2 Å². The highest BCUT2D eigenvalue weighted by molar-refractivity contribution is 5.82. The van der Waals surface area contributed by atoms with Gasteiger partial charge < -0.3 is 33.2 Å². The molecule has 11 heteroatoms. The molecule has 4 aromatic rings. The van der Waals surface area contributed by atoms with Gasteiger partial charge in [-0.2, -0.15) is 13.2 Å². The number of carbonyl (C=O) groups is 1. The van der Waals surface area contributed by atoms with Crippen molar-refractivity contribution in [3.05, 3.63) is 156 Å². The Balaban J connectivity index is 1.48. The summed E-state index contributed by atoms with van der Waals surface area (Å²) in [4.78, 5) is 13.7. The van der Waals surface area contributed by atoms with Gasteiger partial charge in [0.2, 0.25) is 0 Å². The van der Waals surface area contributed by atoms with Crippen LogP contribution in [0.4, 0.5) is 13.2 Å². The van der Waals surface area contributed by atoms with Crippen molar-refractivity contribution < 1.29 is 51.1 Å². The maximum absolute atomic E-state index is 14.8. The molecule has 0 bridgehead atoms. The fraction of sp³-hybridized carbons (Fsp3) is 0.357. The lowest BCUT2D eigenvalue weighted by molar-refractivity contribution is -0.321. The molecule has 53 heavy (non-hydrogen) atoms. The first-order chi connectivity index (χ1) is 25.7. The Bertz CT molecular complexity index is 1680. The fourth-order valence-electron chi connectivity index (χ4n) is 6.38. The highest BCUT2D eigenvalue weighted by Gasteiger charge is 2.64. The van der Waals surface area contributed by atoms with Crippen molar-refractivity contribution in [3.8, 4) is 0 Å². The van der Waals surface area contributed by atoms with E-state index < -0.39 is 60.1 Å². The van der Waals surface area contributed by atoms with E-state index in [-0.39, 0.29) is 32.7 Å². The van der Waals surface area contributed by atoms with Gasteiger partial charge in [0.15, 0.2) is 6.29 Å². The summed E-state index contributed by atoms with van der Waals surface area (Å²) >= 11 is 0. The monoisotopic (exact) mass is 734 g/mol. The number of hydrogen-bond acceptors (Lipinski definition) is 8. The van der Waals surface area contributed by atoms with E-state index in [1.54, 1.807) is 6.07 Å². The van der Waals surface area contributed by atoms with Crippen LogP contribution in [-0.4, -0.2) is 63.2 Å². The Morgan fingerprint density at radius 3 is 1.60 bits per heavy atom. The Labute approximate surface area is 308 Å². The second kappa shape index (κ2) is 19.1. The molecule has 0 aromatic heterocycles. The molecule has 0 N–H and O–H groups in total. The second-order valence-corrected chi connectivity index (χ2v) is 12.6. The van der Waals surface area contributed by atoms with Crippen LogP contribution < -0.4 is 0 Å². The minimum absolute atomic E-state index is 0.00453. The quantitative estimate of drug-likeness (QED) is 0.0750. The molecule has 0 saturated carbocycles. The molecule has 1 aliphatic heterocycles. The van der Waals surface area contributed by atoms with Gasteiger partial charge in [-0.3, -0.25) is 0 Å². The van der Waals surface area contributed by atoms with Crippen molar-refractivity contribution >= 4 is 5.97 Å². The first kappa shape index (κ1) is 39.8. The molecule has 1 saturated heterocycles. The number of halogens is 3. The lowest BCUT2D eigenvalue weighted by Crippen LogP contribution is -2.61. The average Bonchev–Trinajstić information content (AvgIpc) is 3.17. The molecular weight excluding hydrogens is 689 g/mol. The van der Waals surface area contributed by atoms with Gasteiger partial charge in [-0.15, -0.1) is 6.58 Å². The van der Waals surface area contributed by atoms with E-state index in [9.17, 15) is 18.0 Å². The zero-order chi connectivity index (χ0) is 37.7. The minimum atomic E-state index is -5.15. The van der Waals surface area contributed by atoms with Crippen molar-refractivity contribution in [2.24, 2.45) is 0 Å². The van der Waals surface area contributed by atoms with E-state index in [0.717, 1.165) is 23.8 Å². The van der Waals surface area contributed by atoms with Crippen LogP contribution in [0.1, 0.15) is 35.1 Å². The summed E-state index contributed by atoms with van der Waals surface area (Å²) in [6, 6.07) is 35.3. The summed E-state index contributed by atoms with van der Waals surface area (Å²) in [5, 5.41) is 0. The second-order valence-electron chi connectivity index (χ2n) is 12.6. The van der Waals surface area contributed by atoms with Gasteiger partial charge >= 0.3 is 12.1 Å². The molecule has 282 valence electrons. The summed E-state index contributed by atoms with van der Waals surface area (Å²) < 4.78 is 87.1. The van der Waals surface area contributed by atoms with Crippen LogP contribution in [0, 0.1) is 0 Å². The van der Waals surface area contributed by atoms with Gasteiger partial charge in [-0.1, -0.05) is 127 Å². The van der Waals surface area contributed by atoms with Gasteiger partial charge in [0.1, 0.15) is 24.4 Å². The molecule has 5 rings (SSSR count). The number of hydrogen-bond donors (Lipinski definition) is 0. The van der Waals surface area contributed by atoms with E-state index in [1.807, 2.05) is 91.0 Å². The van der Waals surface area contributed by atoms with E-state index in [1.165, 1.54) is 37.5 Å². The SMILES string of the molecule is C=CC[C@@H](C[C@H]1O[C@H](OC)[C@H](OCc2ccccc2)[C@@H](OCc2ccccc2)[C@@H]1OCc1ccccc1)OC(=O)[C@@](OC)(c1ccccc1)C(F)(F)F. The largest absolute Gasteiger partial charge is 0.459 e. The van der Waals surface area contributed by atoms with E-state index in [4.69, 9.17) is 33.2 Å². The average molecular weight is 735 g/mol. The summed E-state index contributed by atoms with van der Waals surface area (Å²) in [7, 11) is 2.30. The van der Waals surface area contributed by atoms with Gasteiger partial charge in [0.25, 0.3) is 5.60 Å². The Morgan fingerprint density at radius 2 is 1.17 bits per heavy atom. The predicted molar refractivity (Wildman–Crippen MR) is 191 cm³/mol. The van der Waals surface area contributed by atoms with Crippen molar-refractivity contribution in [1.82, 2.24) is 0 Å². The van der Waals surface area contributed by atoms with Gasteiger partial charge in [0, 0.05) is 32.6 Å². The molecule has 0 spiro atoms. The molecule has 1 aliphatic rings. The Morgan fingerprint density at radius 1 is 0.717 bits per heavy atom. The molecule has 0 amide bonds. The summed E-state index contributed by atoms with van der Waals surface area (Å²) in [6.07, 6.45) is -9.27. The first-order valence-electron chi connectivity index (χ1n) is 17.3. The normalized spacial score (nSPS) is 22.0. The third-order valence-electron chi connectivity index (χ3n) is 9.05. The minimum Gasteiger partial charge on any atom is -0.459 e. The molecule has 0 radical (unpaired) electrons. The van der Waals surface area contributed by atoms with E-state index in [0.29, 0.717) is 0 Å². The van der Waals surface area contributed by atoms with Crippen LogP contribution in [0.5, 0.6) is 0 Å². The smallest absolute Gasteiger partial charge is 0.432 e. The van der Waals surface area contributed by atoms with Crippen molar-refractivity contribution in [1.29, 1.82) is 0 Å². The predicted octanol–water partition coefficient (Wildman–Crippen LogP) is 8.10. The maximum Gasteiger partial charge on any atom is 0.432 e. The summed E-state index contributed by atoms with van der Waals surface area (Å²) in [5.41, 5.74) is -1.11. The number of alkyl halides is 3. The number of ether oxygens (including phenoxy) is 7. The standard InChI is InChI=1S/C42H45F3O8/c1-4-17-34(52-40(46)41(48-3,42(43,44)45)33-24-15-8-16-25-33)26-35-36(49-27-30-18-9-5-10-19-30)37(50-28-31-20-11-6-12-21-31)38(39(47-2)53-35)51-29-32-22-13-7-14-23-32/h4-16,18-25,34-39H,1,17,26-29H2,2-3H3/t34-,35+,36+,37-,38+,39-,41-/m0/s1. The van der Waals surface area contributed by atoms with Crippen LogP contribution in [0.25, 0.3) is 0 Å². The molecule has 4 aromatic carbocycles. The third kappa shape index (κ3) is 10.00. The molecule has 1 heterocycles. The van der Waals surface area contributed by atoms with E-state index >= 15 is 0 Å². The number of methoxy groups -OCH3 is 2. The zero-order valence-corrected chi connectivity index (χ0v) is 29.7. The Hall–Kier alpha value is -4.36. The molecule has 1 fully saturated rings. The fourth-order valence-corrected chi connectivity index (χ4v) is 6.38. The van der Waals surface area contributed by atoms with Crippen molar-refractivity contribution in [3.63, 3.8) is 0 Å². The first-order valence-corrected chi connectivity index (χ1v) is 17.3. The maximum atomic E-state index is 14.8. The molecule has 0 unspecified atom stereocenters. The third-order valence-corrected chi connectivity index (χ3v) is 9.05. The lowest BCUT2D eigenvalue weighted by Gasteiger charge is -2.46. The van der Waals surface area contributed by atoms with Crippen LogP contribution in [-0.2, 0) is 63.4 Å². The van der Waals surface area contributed by atoms with Crippen LogP contribution >= 0.6 is 0 Å². The topological polar surface area (TPSA) is 81.7 Å². The molecule has 7 atom stereocenters. The summed E-state index contributed by atoms with van der Waals surface area (Å²) in [5.74, 6) is -1.62. The molecular formula is C42H45F3O8. The molecule has 0 aliphatic carbocycles. The Kier molecular flexibility index (Phi) is 14.4. The number of carbonyl (C=O) groups excluding carboxylic acids is 1. The summed E-state index contributed by atoms with van der Waals surface area (Å²) in [6.45, 7) is 4.33. The number of benzene rings is 4. The highest BCUT2D eigenvalue weighted by atomic mass is 19.4. The zero-order valence-electron chi connectivity index (χ0n) is 29.7. The van der Waals surface area contributed by atoms with Crippen LogP contribution in [0.2, 0.25) is 0 Å². The number of rotatable bonds is 18. The lowest BCUT2D eigenvalue weighted by atomic mass is 9.91. The highest BCUT2D eigenvalue weighted by Crippen LogP contribution is 2.44. The van der Waals surface area contributed by atoms with Crippen LogP contribution in [0.3, 0.4) is 0 Å². The van der Waals surface area contributed by atoms with Crippen molar-refractivity contribution in [2.75, 3.05) is 14.2 Å². The van der Waals surface area contributed by atoms with Gasteiger partial charge in [0.05, 0.1) is 25.9 Å².